The zero-order valence-electron chi connectivity index (χ0n) is 14.1. The minimum Gasteiger partial charge on any atom is -0.361 e. The molecule has 1 heterocycles. The standard InChI is InChI=1S/C19H18N2O4S/c1-26(24,25)19(21(22)23)16(12-11-14-7-3-2-4-8-14)17-13-20-18-10-6-5-9-15(17)18/h2-13,16,19-20H,1H3/b12-11+. The Hall–Kier alpha value is -2.93. The van der Waals surface area contributed by atoms with Gasteiger partial charge in [-0.2, -0.15) is 0 Å². The van der Waals surface area contributed by atoms with Crippen LogP contribution >= 0.6 is 0 Å². The van der Waals surface area contributed by atoms with Gasteiger partial charge in [0.05, 0.1) is 5.92 Å². The van der Waals surface area contributed by atoms with E-state index >= 15 is 0 Å². The van der Waals surface area contributed by atoms with E-state index in [4.69, 9.17) is 0 Å². The first-order valence-corrected chi connectivity index (χ1v) is 9.95. The van der Waals surface area contributed by atoms with Crippen LogP contribution in [0.3, 0.4) is 0 Å². The van der Waals surface area contributed by atoms with Gasteiger partial charge in [-0.3, -0.25) is 10.1 Å². The van der Waals surface area contributed by atoms with Gasteiger partial charge in [0.1, 0.15) is 0 Å². The van der Waals surface area contributed by atoms with Crippen molar-refractivity contribution in [2.75, 3.05) is 6.26 Å². The molecule has 0 aliphatic carbocycles. The van der Waals surface area contributed by atoms with Gasteiger partial charge in [0.25, 0.3) is 0 Å². The number of fused-ring (bicyclic) bond motifs is 1. The number of aromatic amines is 1. The average Bonchev–Trinajstić information content (AvgIpc) is 3.02. The smallest absolute Gasteiger partial charge is 0.320 e. The van der Waals surface area contributed by atoms with Gasteiger partial charge in [0, 0.05) is 28.3 Å². The molecule has 0 bridgehead atoms. The van der Waals surface area contributed by atoms with Crippen LogP contribution in [0.4, 0.5) is 0 Å². The maximum absolute atomic E-state index is 12.2. The van der Waals surface area contributed by atoms with Crippen LogP contribution in [-0.4, -0.2) is 30.0 Å². The van der Waals surface area contributed by atoms with E-state index in [2.05, 4.69) is 4.98 Å². The lowest BCUT2D eigenvalue weighted by Crippen LogP contribution is -2.34. The highest BCUT2D eigenvalue weighted by molar-refractivity contribution is 7.91. The Morgan fingerprint density at radius 1 is 1.08 bits per heavy atom. The van der Waals surface area contributed by atoms with Crippen molar-refractivity contribution >= 4 is 26.8 Å². The zero-order valence-corrected chi connectivity index (χ0v) is 14.9. The summed E-state index contributed by atoms with van der Waals surface area (Å²) in [5, 5.41) is 10.6. The van der Waals surface area contributed by atoms with Crippen molar-refractivity contribution in [3.05, 3.63) is 88.1 Å². The van der Waals surface area contributed by atoms with Crippen LogP contribution in [-0.2, 0) is 9.84 Å². The van der Waals surface area contributed by atoms with E-state index in [1.54, 1.807) is 18.3 Å². The first-order valence-electron chi connectivity index (χ1n) is 7.99. The molecule has 0 spiro atoms. The Balaban J connectivity index is 2.15. The summed E-state index contributed by atoms with van der Waals surface area (Å²) < 4.78 is 24.3. The van der Waals surface area contributed by atoms with Gasteiger partial charge >= 0.3 is 5.37 Å². The van der Waals surface area contributed by atoms with Crippen LogP contribution < -0.4 is 0 Å². The molecule has 1 aromatic heterocycles. The lowest BCUT2D eigenvalue weighted by atomic mass is 9.97. The molecule has 0 saturated heterocycles. The quantitative estimate of drug-likeness (QED) is 0.530. The monoisotopic (exact) mass is 370 g/mol. The van der Waals surface area contributed by atoms with Gasteiger partial charge in [-0.15, -0.1) is 0 Å². The second-order valence-electron chi connectivity index (χ2n) is 6.09. The van der Waals surface area contributed by atoms with Gasteiger partial charge in [0.2, 0.25) is 9.84 Å². The minimum atomic E-state index is -3.93. The van der Waals surface area contributed by atoms with Gasteiger partial charge in [-0.05, 0) is 17.2 Å². The highest BCUT2D eigenvalue weighted by Gasteiger charge is 2.41. The van der Waals surface area contributed by atoms with Crippen molar-refractivity contribution in [2.45, 2.75) is 11.3 Å². The average molecular weight is 370 g/mol. The van der Waals surface area contributed by atoms with E-state index < -0.39 is 26.1 Å². The summed E-state index contributed by atoms with van der Waals surface area (Å²) in [6.07, 6.45) is 5.86. The number of aromatic nitrogens is 1. The third kappa shape index (κ3) is 3.67. The summed E-state index contributed by atoms with van der Waals surface area (Å²) in [6, 6.07) is 16.6. The molecular formula is C19H18N2O4S. The first kappa shape index (κ1) is 17.9. The fraction of sp³-hybridized carbons (Fsp3) is 0.158. The number of para-hydroxylation sites is 1. The lowest BCUT2D eigenvalue weighted by molar-refractivity contribution is -0.499. The van der Waals surface area contributed by atoms with E-state index in [0.29, 0.717) is 5.56 Å². The maximum Gasteiger partial charge on any atom is 0.320 e. The van der Waals surface area contributed by atoms with Crippen LogP contribution in [0.25, 0.3) is 17.0 Å². The molecule has 2 aromatic carbocycles. The molecule has 0 aliphatic heterocycles. The number of benzene rings is 2. The van der Waals surface area contributed by atoms with Crippen molar-refractivity contribution in [1.29, 1.82) is 0 Å². The van der Waals surface area contributed by atoms with Crippen molar-refractivity contribution in [3.8, 4) is 0 Å². The summed E-state index contributed by atoms with van der Waals surface area (Å²) >= 11 is 0. The molecular weight excluding hydrogens is 352 g/mol. The van der Waals surface area contributed by atoms with Crippen molar-refractivity contribution in [1.82, 2.24) is 4.98 Å². The lowest BCUT2D eigenvalue weighted by Gasteiger charge is -2.16. The second-order valence-corrected chi connectivity index (χ2v) is 8.23. The SMILES string of the molecule is CS(=O)(=O)C(C(/C=C/c1ccccc1)c1c[nH]c2ccccc12)[N+](=O)[O-]. The minimum absolute atomic E-state index is 0.583. The number of sulfone groups is 1. The van der Waals surface area contributed by atoms with Crippen molar-refractivity contribution in [3.63, 3.8) is 0 Å². The summed E-state index contributed by atoms with van der Waals surface area (Å²) in [4.78, 5) is 13.9. The largest absolute Gasteiger partial charge is 0.361 e. The number of nitrogens with zero attached hydrogens (tertiary/aromatic N) is 1. The number of nitro groups is 1. The Morgan fingerprint density at radius 3 is 2.38 bits per heavy atom. The van der Waals surface area contributed by atoms with E-state index in [0.717, 1.165) is 22.7 Å². The molecule has 1 N–H and O–H groups in total. The molecule has 26 heavy (non-hydrogen) atoms. The molecule has 3 rings (SSSR count). The summed E-state index contributed by atoms with van der Waals surface area (Å²) in [5.41, 5.74) is 2.23. The van der Waals surface area contributed by atoms with Gasteiger partial charge < -0.3 is 4.98 Å². The van der Waals surface area contributed by atoms with Gasteiger partial charge in [-0.1, -0.05) is 60.7 Å². The Bertz CT molecular complexity index is 1060. The van der Waals surface area contributed by atoms with E-state index in [-0.39, 0.29) is 0 Å². The third-order valence-electron chi connectivity index (χ3n) is 4.23. The van der Waals surface area contributed by atoms with Gasteiger partial charge in [0.15, 0.2) is 0 Å². The molecule has 2 atom stereocenters. The summed E-state index contributed by atoms with van der Waals surface area (Å²) in [7, 11) is -3.93. The number of nitrogens with one attached hydrogen (secondary N) is 1. The topological polar surface area (TPSA) is 93.1 Å². The molecule has 7 heteroatoms. The predicted molar refractivity (Wildman–Crippen MR) is 102 cm³/mol. The Morgan fingerprint density at radius 2 is 1.73 bits per heavy atom. The van der Waals surface area contributed by atoms with E-state index in [1.165, 1.54) is 0 Å². The maximum atomic E-state index is 12.2. The van der Waals surface area contributed by atoms with Crippen LogP contribution in [0.2, 0.25) is 0 Å². The van der Waals surface area contributed by atoms with Crippen LogP contribution in [0.15, 0.2) is 66.9 Å². The molecule has 0 saturated carbocycles. The zero-order chi connectivity index (χ0) is 18.7. The van der Waals surface area contributed by atoms with Crippen LogP contribution in [0.5, 0.6) is 0 Å². The van der Waals surface area contributed by atoms with Crippen LogP contribution in [0.1, 0.15) is 17.0 Å². The first-order chi connectivity index (χ1) is 12.4. The molecule has 0 fully saturated rings. The fourth-order valence-electron chi connectivity index (χ4n) is 3.05. The Labute approximate surface area is 151 Å². The number of rotatable bonds is 6. The molecule has 6 nitrogen and oxygen atoms in total. The highest BCUT2D eigenvalue weighted by atomic mass is 32.2. The number of hydrogen-bond acceptors (Lipinski definition) is 4. The molecule has 0 amide bonds. The Kier molecular flexibility index (Phi) is 4.90. The summed E-state index contributed by atoms with van der Waals surface area (Å²) in [5.74, 6) is -0.920. The predicted octanol–water partition coefficient (Wildman–Crippen LogP) is 3.61. The highest BCUT2D eigenvalue weighted by Crippen LogP contribution is 2.32. The fourth-order valence-corrected chi connectivity index (χ4v) is 4.14. The molecule has 0 radical (unpaired) electrons. The van der Waals surface area contributed by atoms with E-state index in [1.807, 2.05) is 54.6 Å². The normalized spacial score (nSPS) is 14.5. The van der Waals surface area contributed by atoms with Crippen LogP contribution in [0, 0.1) is 10.1 Å². The second kappa shape index (κ2) is 7.13. The van der Waals surface area contributed by atoms with E-state index in [9.17, 15) is 18.5 Å². The molecule has 134 valence electrons. The summed E-state index contributed by atoms with van der Waals surface area (Å²) in [6.45, 7) is 0. The van der Waals surface area contributed by atoms with Crippen molar-refractivity contribution in [2.24, 2.45) is 0 Å². The number of hydrogen-bond donors (Lipinski definition) is 1. The molecule has 2 unspecified atom stereocenters. The van der Waals surface area contributed by atoms with Crippen molar-refractivity contribution < 1.29 is 13.3 Å². The number of H-pyrrole nitrogens is 1. The van der Waals surface area contributed by atoms with Gasteiger partial charge in [-0.25, -0.2) is 8.42 Å². The third-order valence-corrected chi connectivity index (χ3v) is 5.57. The molecule has 0 aliphatic rings. The molecule has 3 aromatic rings.